The van der Waals surface area contributed by atoms with Crippen molar-refractivity contribution in [2.24, 2.45) is 0 Å². The smallest absolute Gasteiger partial charge is 0.303 e. The molecule has 1 heterocycles. The second-order valence-corrected chi connectivity index (χ2v) is 5.79. The molecule has 1 aliphatic heterocycles. The summed E-state index contributed by atoms with van der Waals surface area (Å²) < 4.78 is 32.2. The number of carbonyl (C=O) groups excluding carboxylic acids is 2. The third-order valence-corrected chi connectivity index (χ3v) is 3.78. The molecule has 1 aromatic carbocycles. The van der Waals surface area contributed by atoms with Crippen molar-refractivity contribution in [2.45, 2.75) is 39.0 Å². The largest absolute Gasteiger partial charge is 0.497 e. The summed E-state index contributed by atoms with van der Waals surface area (Å²) in [5.74, 6) is 0.428. The van der Waals surface area contributed by atoms with E-state index in [-0.39, 0.29) is 13.2 Å². The highest BCUT2D eigenvalue weighted by atomic mass is 16.7. The Labute approximate surface area is 157 Å². The van der Waals surface area contributed by atoms with Gasteiger partial charge in [-0.2, -0.15) is 0 Å². The molecule has 0 aliphatic carbocycles. The van der Waals surface area contributed by atoms with Crippen LogP contribution in [0.5, 0.6) is 11.5 Å². The minimum atomic E-state index is -0.701. The summed E-state index contributed by atoms with van der Waals surface area (Å²) in [4.78, 5) is 22.3. The van der Waals surface area contributed by atoms with E-state index in [4.69, 9.17) is 28.4 Å². The first-order valence-electron chi connectivity index (χ1n) is 8.39. The Bertz CT molecular complexity index is 684. The standard InChI is InChI=1S/C19H24O8/c1-12(20)24-11-18-17(26-13(2)21)7-8-19(27-18)25-10-14-9-15(22-3)5-6-16(14)23-4/h5-9,17-19H,10-11H2,1-4H3/t17-,18+,19-/m0/s1. The molecule has 27 heavy (non-hydrogen) atoms. The van der Waals surface area contributed by atoms with Crippen LogP contribution in [0.25, 0.3) is 0 Å². The number of hydrogen-bond acceptors (Lipinski definition) is 8. The monoisotopic (exact) mass is 380 g/mol. The van der Waals surface area contributed by atoms with Gasteiger partial charge in [0.05, 0.1) is 20.8 Å². The lowest BCUT2D eigenvalue weighted by atomic mass is 10.1. The van der Waals surface area contributed by atoms with Gasteiger partial charge in [0.1, 0.15) is 30.3 Å². The number of rotatable bonds is 8. The van der Waals surface area contributed by atoms with Crippen LogP contribution >= 0.6 is 0 Å². The van der Waals surface area contributed by atoms with Crippen LogP contribution in [0, 0.1) is 0 Å². The highest BCUT2D eigenvalue weighted by Gasteiger charge is 2.31. The van der Waals surface area contributed by atoms with Crippen LogP contribution in [0.3, 0.4) is 0 Å². The highest BCUT2D eigenvalue weighted by Crippen LogP contribution is 2.26. The van der Waals surface area contributed by atoms with E-state index in [0.29, 0.717) is 11.5 Å². The zero-order valence-corrected chi connectivity index (χ0v) is 15.8. The third kappa shape index (κ3) is 6.26. The Kier molecular flexibility index (Phi) is 7.63. The summed E-state index contributed by atoms with van der Waals surface area (Å²) in [5.41, 5.74) is 0.785. The molecule has 0 bridgehead atoms. The number of esters is 2. The summed E-state index contributed by atoms with van der Waals surface area (Å²) in [6, 6.07) is 5.39. The molecule has 0 aromatic heterocycles. The lowest BCUT2D eigenvalue weighted by Crippen LogP contribution is -2.42. The Morgan fingerprint density at radius 1 is 1.07 bits per heavy atom. The van der Waals surface area contributed by atoms with Crippen molar-refractivity contribution in [3.8, 4) is 11.5 Å². The molecule has 2 rings (SSSR count). The average Bonchev–Trinajstić information content (AvgIpc) is 2.65. The van der Waals surface area contributed by atoms with Gasteiger partial charge in [0.15, 0.2) is 6.29 Å². The molecule has 1 aromatic rings. The van der Waals surface area contributed by atoms with Gasteiger partial charge in [0.25, 0.3) is 0 Å². The molecule has 0 amide bonds. The highest BCUT2D eigenvalue weighted by molar-refractivity contribution is 5.66. The maximum Gasteiger partial charge on any atom is 0.303 e. The van der Waals surface area contributed by atoms with Crippen molar-refractivity contribution < 1.29 is 38.0 Å². The molecule has 0 saturated heterocycles. The van der Waals surface area contributed by atoms with E-state index in [1.165, 1.54) is 13.8 Å². The van der Waals surface area contributed by atoms with Crippen molar-refractivity contribution in [3.63, 3.8) is 0 Å². The maximum atomic E-state index is 11.2. The molecule has 0 spiro atoms. The Hall–Kier alpha value is -2.58. The summed E-state index contributed by atoms with van der Waals surface area (Å²) in [6.45, 7) is 2.74. The molecular weight excluding hydrogens is 356 g/mol. The minimum Gasteiger partial charge on any atom is -0.497 e. The van der Waals surface area contributed by atoms with Crippen LogP contribution in [0.15, 0.2) is 30.4 Å². The second-order valence-electron chi connectivity index (χ2n) is 5.79. The van der Waals surface area contributed by atoms with Crippen molar-refractivity contribution in [3.05, 3.63) is 35.9 Å². The number of methoxy groups -OCH3 is 2. The van der Waals surface area contributed by atoms with Crippen molar-refractivity contribution in [2.75, 3.05) is 20.8 Å². The van der Waals surface area contributed by atoms with Gasteiger partial charge < -0.3 is 28.4 Å². The van der Waals surface area contributed by atoms with Crippen molar-refractivity contribution in [1.29, 1.82) is 0 Å². The lowest BCUT2D eigenvalue weighted by molar-refractivity contribution is -0.200. The van der Waals surface area contributed by atoms with Crippen LogP contribution in [0.2, 0.25) is 0 Å². The van der Waals surface area contributed by atoms with Crippen molar-refractivity contribution in [1.82, 2.24) is 0 Å². The van der Waals surface area contributed by atoms with E-state index >= 15 is 0 Å². The van der Waals surface area contributed by atoms with Gasteiger partial charge in [-0.25, -0.2) is 0 Å². The molecule has 8 heteroatoms. The van der Waals surface area contributed by atoms with Crippen molar-refractivity contribution >= 4 is 11.9 Å². The maximum absolute atomic E-state index is 11.2. The Morgan fingerprint density at radius 3 is 2.48 bits per heavy atom. The molecule has 3 atom stereocenters. The Morgan fingerprint density at radius 2 is 1.85 bits per heavy atom. The number of ether oxygens (including phenoxy) is 6. The predicted molar refractivity (Wildman–Crippen MR) is 94.3 cm³/mol. The predicted octanol–water partition coefficient (Wildman–Crippen LogP) is 2.00. The lowest BCUT2D eigenvalue weighted by Gasteiger charge is -2.31. The summed E-state index contributed by atoms with van der Waals surface area (Å²) in [7, 11) is 3.15. The van der Waals surface area contributed by atoms with Gasteiger partial charge in [0.2, 0.25) is 0 Å². The van der Waals surface area contributed by atoms with Crippen LogP contribution < -0.4 is 9.47 Å². The summed E-state index contributed by atoms with van der Waals surface area (Å²) in [5, 5.41) is 0. The molecule has 0 radical (unpaired) electrons. The van der Waals surface area contributed by atoms with Gasteiger partial charge in [0, 0.05) is 19.4 Å². The summed E-state index contributed by atoms with van der Waals surface area (Å²) in [6.07, 6.45) is 1.28. The molecule has 0 fully saturated rings. The zero-order valence-electron chi connectivity index (χ0n) is 15.8. The van der Waals surface area contributed by atoms with Gasteiger partial charge in [-0.05, 0) is 30.4 Å². The summed E-state index contributed by atoms with van der Waals surface area (Å²) >= 11 is 0. The van der Waals surface area contributed by atoms with Crippen LogP contribution in [0.1, 0.15) is 19.4 Å². The fourth-order valence-electron chi connectivity index (χ4n) is 2.52. The molecule has 0 saturated carbocycles. The molecule has 0 unspecified atom stereocenters. The van der Waals surface area contributed by atoms with E-state index in [1.807, 2.05) is 6.07 Å². The van der Waals surface area contributed by atoms with Crippen LogP contribution in [-0.4, -0.2) is 51.3 Å². The number of hydrogen-bond donors (Lipinski definition) is 0. The first-order valence-corrected chi connectivity index (χ1v) is 8.39. The number of carbonyl (C=O) groups is 2. The molecular formula is C19H24O8. The van der Waals surface area contributed by atoms with E-state index in [9.17, 15) is 9.59 Å². The topological polar surface area (TPSA) is 89.5 Å². The molecule has 0 N–H and O–H groups in total. The number of benzene rings is 1. The van der Waals surface area contributed by atoms with E-state index in [2.05, 4.69) is 0 Å². The van der Waals surface area contributed by atoms with Crippen LogP contribution in [-0.2, 0) is 35.1 Å². The van der Waals surface area contributed by atoms with Gasteiger partial charge >= 0.3 is 11.9 Å². The van der Waals surface area contributed by atoms with Crippen LogP contribution in [0.4, 0.5) is 0 Å². The fourth-order valence-corrected chi connectivity index (χ4v) is 2.52. The van der Waals surface area contributed by atoms with E-state index in [1.54, 1.807) is 38.5 Å². The van der Waals surface area contributed by atoms with E-state index in [0.717, 1.165) is 5.56 Å². The SMILES string of the molecule is COc1ccc(OC)c(CO[C@@H]2C=C[C@H](OC(C)=O)[C@@H](COC(C)=O)O2)c1. The van der Waals surface area contributed by atoms with Gasteiger partial charge in [-0.1, -0.05) is 0 Å². The zero-order chi connectivity index (χ0) is 19.8. The normalized spacial score (nSPS) is 21.4. The first-order chi connectivity index (χ1) is 12.9. The quantitative estimate of drug-likeness (QED) is 0.500. The minimum absolute atomic E-state index is 0.0556. The van der Waals surface area contributed by atoms with E-state index < -0.39 is 30.4 Å². The molecule has 148 valence electrons. The molecule has 8 nitrogen and oxygen atoms in total. The average molecular weight is 380 g/mol. The third-order valence-electron chi connectivity index (χ3n) is 3.78. The van der Waals surface area contributed by atoms with Gasteiger partial charge in [-0.3, -0.25) is 9.59 Å². The first kappa shape index (κ1) is 20.7. The van der Waals surface area contributed by atoms with Gasteiger partial charge in [-0.15, -0.1) is 0 Å². The molecule has 1 aliphatic rings. The second kappa shape index (κ2) is 9.94. The fraction of sp³-hybridized carbons (Fsp3) is 0.474. The Balaban J connectivity index is 2.04.